The van der Waals surface area contributed by atoms with Crippen molar-refractivity contribution in [1.82, 2.24) is 0 Å². The van der Waals surface area contributed by atoms with Crippen molar-refractivity contribution < 1.29 is 38.1 Å². The summed E-state index contributed by atoms with van der Waals surface area (Å²) in [6.45, 7) is 3.56. The van der Waals surface area contributed by atoms with Crippen LogP contribution in [0.2, 0.25) is 0 Å². The smallest absolute Gasteiger partial charge is 0.303 e. The normalized spacial score (nSPS) is 23.8. The molecule has 0 saturated carbocycles. The molecule has 8 nitrogen and oxygen atoms in total. The van der Waals surface area contributed by atoms with E-state index in [1.807, 2.05) is 36.4 Å². The molecule has 0 aliphatic carbocycles. The van der Waals surface area contributed by atoms with E-state index in [0.717, 1.165) is 10.8 Å². The molecule has 0 radical (unpaired) electrons. The third-order valence-electron chi connectivity index (χ3n) is 4.28. The number of rotatable bonds is 5. The Balaban J connectivity index is 1.87. The second kappa shape index (κ2) is 8.91. The van der Waals surface area contributed by atoms with Crippen LogP contribution in [0.4, 0.5) is 0 Å². The fourth-order valence-electron chi connectivity index (χ4n) is 3.18. The van der Waals surface area contributed by atoms with Crippen LogP contribution in [0.3, 0.4) is 0 Å². The Morgan fingerprint density at radius 2 is 1.45 bits per heavy atom. The van der Waals surface area contributed by atoms with Gasteiger partial charge in [0.25, 0.3) is 0 Å². The average Bonchev–Trinajstić information content (AvgIpc) is 2.65. The van der Waals surface area contributed by atoms with E-state index in [1.54, 1.807) is 6.07 Å². The molecule has 0 aromatic heterocycles. The zero-order chi connectivity index (χ0) is 21.0. The molecule has 0 N–H and O–H groups in total. The van der Waals surface area contributed by atoms with Gasteiger partial charge in [-0.05, 0) is 22.9 Å². The summed E-state index contributed by atoms with van der Waals surface area (Å²) in [5, 5.41) is 1.99. The number of hydrogen-bond donors (Lipinski definition) is 0. The lowest BCUT2D eigenvalue weighted by molar-refractivity contribution is -0.259. The lowest BCUT2D eigenvalue weighted by Gasteiger charge is -2.40. The number of benzene rings is 2. The van der Waals surface area contributed by atoms with Gasteiger partial charge in [0.2, 0.25) is 12.4 Å². The molecule has 1 saturated heterocycles. The summed E-state index contributed by atoms with van der Waals surface area (Å²) in [5.74, 6) is -1.33. The van der Waals surface area contributed by atoms with Crippen molar-refractivity contribution in [2.75, 3.05) is 6.61 Å². The van der Waals surface area contributed by atoms with Crippen LogP contribution in [-0.2, 0) is 33.3 Å². The van der Waals surface area contributed by atoms with Crippen LogP contribution in [0.1, 0.15) is 20.8 Å². The number of esters is 3. The van der Waals surface area contributed by atoms with E-state index in [0.29, 0.717) is 5.75 Å². The maximum Gasteiger partial charge on any atom is 0.303 e. The summed E-state index contributed by atoms with van der Waals surface area (Å²) < 4.78 is 27.4. The highest BCUT2D eigenvalue weighted by Gasteiger charge is 2.48. The van der Waals surface area contributed by atoms with Gasteiger partial charge in [-0.25, -0.2) is 0 Å². The number of carbonyl (C=O) groups excluding carboxylic acids is 3. The SMILES string of the molecule is CC(=O)O[C@@H]1[C@@H](OC(C)=O)[C@H](Oc2ccc3ccccc3c2)OC[C@@H]1OC(C)=O. The lowest BCUT2D eigenvalue weighted by atomic mass is 10.0. The fourth-order valence-corrected chi connectivity index (χ4v) is 3.18. The highest BCUT2D eigenvalue weighted by atomic mass is 16.7. The van der Waals surface area contributed by atoms with E-state index in [4.69, 9.17) is 23.7 Å². The number of hydrogen-bond acceptors (Lipinski definition) is 8. The van der Waals surface area contributed by atoms with Gasteiger partial charge in [-0.15, -0.1) is 0 Å². The van der Waals surface area contributed by atoms with Gasteiger partial charge in [-0.3, -0.25) is 14.4 Å². The van der Waals surface area contributed by atoms with Crippen LogP contribution in [-0.4, -0.2) is 49.1 Å². The Morgan fingerprint density at radius 1 is 0.828 bits per heavy atom. The van der Waals surface area contributed by atoms with Gasteiger partial charge in [0.05, 0.1) is 6.61 Å². The minimum absolute atomic E-state index is 0.0897. The third-order valence-corrected chi connectivity index (χ3v) is 4.28. The first-order valence-electron chi connectivity index (χ1n) is 9.12. The molecule has 154 valence electrons. The van der Waals surface area contributed by atoms with Gasteiger partial charge in [0.1, 0.15) is 5.75 Å². The second-order valence-corrected chi connectivity index (χ2v) is 6.62. The molecule has 1 aliphatic heterocycles. The molecule has 1 heterocycles. The second-order valence-electron chi connectivity index (χ2n) is 6.62. The van der Waals surface area contributed by atoms with Gasteiger partial charge >= 0.3 is 17.9 Å². The summed E-state index contributed by atoms with van der Waals surface area (Å²) in [7, 11) is 0. The zero-order valence-corrected chi connectivity index (χ0v) is 16.3. The van der Waals surface area contributed by atoms with Crippen molar-refractivity contribution in [3.63, 3.8) is 0 Å². The van der Waals surface area contributed by atoms with Crippen LogP contribution in [0, 0.1) is 0 Å². The van der Waals surface area contributed by atoms with Crippen LogP contribution in [0.15, 0.2) is 42.5 Å². The first-order chi connectivity index (χ1) is 13.8. The molecule has 8 heteroatoms. The van der Waals surface area contributed by atoms with Gasteiger partial charge in [-0.2, -0.15) is 0 Å². The van der Waals surface area contributed by atoms with Crippen LogP contribution in [0.25, 0.3) is 10.8 Å². The summed E-state index contributed by atoms with van der Waals surface area (Å²) in [6, 6.07) is 13.2. The van der Waals surface area contributed by atoms with Crippen LogP contribution >= 0.6 is 0 Å². The van der Waals surface area contributed by atoms with Gasteiger partial charge in [0.15, 0.2) is 12.2 Å². The molecule has 29 heavy (non-hydrogen) atoms. The van der Waals surface area contributed by atoms with Crippen molar-refractivity contribution in [2.45, 2.75) is 45.4 Å². The first kappa shape index (κ1) is 20.6. The molecule has 0 spiro atoms. The van der Waals surface area contributed by atoms with Crippen molar-refractivity contribution in [3.05, 3.63) is 42.5 Å². The van der Waals surface area contributed by atoms with Crippen molar-refractivity contribution in [1.29, 1.82) is 0 Å². The monoisotopic (exact) mass is 402 g/mol. The summed E-state index contributed by atoms with van der Waals surface area (Å²) in [6.07, 6.45) is -4.19. The molecule has 0 unspecified atom stereocenters. The van der Waals surface area contributed by atoms with Crippen LogP contribution < -0.4 is 4.74 Å². The molecule has 2 aromatic rings. The summed E-state index contributed by atoms with van der Waals surface area (Å²) >= 11 is 0. The molecule has 3 rings (SSSR count). The predicted octanol–water partition coefficient (Wildman–Crippen LogP) is 2.37. The largest absolute Gasteiger partial charge is 0.461 e. The minimum Gasteiger partial charge on any atom is -0.461 e. The maximum atomic E-state index is 11.7. The van der Waals surface area contributed by atoms with E-state index in [-0.39, 0.29) is 6.61 Å². The Kier molecular flexibility index (Phi) is 6.33. The number of ether oxygens (including phenoxy) is 5. The Labute approximate surface area is 167 Å². The van der Waals surface area contributed by atoms with Gasteiger partial charge in [0, 0.05) is 20.8 Å². The highest BCUT2D eigenvalue weighted by Crippen LogP contribution is 2.28. The van der Waals surface area contributed by atoms with Crippen molar-refractivity contribution in [2.24, 2.45) is 0 Å². The fraction of sp³-hybridized carbons (Fsp3) is 0.381. The molecular weight excluding hydrogens is 380 g/mol. The van der Waals surface area contributed by atoms with Gasteiger partial charge < -0.3 is 23.7 Å². The van der Waals surface area contributed by atoms with E-state index in [9.17, 15) is 14.4 Å². The predicted molar refractivity (Wildman–Crippen MR) is 101 cm³/mol. The number of fused-ring (bicyclic) bond motifs is 1. The topological polar surface area (TPSA) is 97.4 Å². The number of carbonyl (C=O) groups is 3. The summed E-state index contributed by atoms with van der Waals surface area (Å²) in [4.78, 5) is 34.7. The summed E-state index contributed by atoms with van der Waals surface area (Å²) in [5.41, 5.74) is 0. The maximum absolute atomic E-state index is 11.7. The molecule has 0 amide bonds. The van der Waals surface area contributed by atoms with E-state index in [2.05, 4.69) is 0 Å². The molecular formula is C21H22O8. The lowest BCUT2D eigenvalue weighted by Crippen LogP contribution is -2.59. The zero-order valence-electron chi connectivity index (χ0n) is 16.3. The molecule has 4 atom stereocenters. The standard InChI is InChI=1S/C21H22O8/c1-12(22)26-18-11-25-21(20(28-14(3)24)19(18)27-13(2)23)29-17-9-8-15-6-4-5-7-16(15)10-17/h4-10,18-21H,11H2,1-3H3/t18-,19-,20+,21-/m0/s1. The molecule has 1 aliphatic rings. The first-order valence-corrected chi connectivity index (χ1v) is 9.12. The van der Waals surface area contributed by atoms with E-state index in [1.165, 1.54) is 20.8 Å². The van der Waals surface area contributed by atoms with Crippen LogP contribution in [0.5, 0.6) is 5.75 Å². The van der Waals surface area contributed by atoms with Crippen molar-refractivity contribution >= 4 is 28.7 Å². The average molecular weight is 402 g/mol. The Bertz CT molecular complexity index is 908. The molecule has 0 bridgehead atoms. The van der Waals surface area contributed by atoms with Crippen molar-refractivity contribution in [3.8, 4) is 5.75 Å². The molecule has 1 fully saturated rings. The Hall–Kier alpha value is -3.13. The van der Waals surface area contributed by atoms with E-state index >= 15 is 0 Å². The third kappa shape index (κ3) is 5.23. The molecule has 2 aromatic carbocycles. The van der Waals surface area contributed by atoms with Gasteiger partial charge in [-0.1, -0.05) is 30.3 Å². The Morgan fingerprint density at radius 3 is 2.10 bits per heavy atom. The quantitative estimate of drug-likeness (QED) is 0.555. The van der Waals surface area contributed by atoms with E-state index < -0.39 is 42.5 Å². The highest BCUT2D eigenvalue weighted by molar-refractivity contribution is 5.83. The minimum atomic E-state index is -1.12.